The topological polar surface area (TPSA) is 71.9 Å². The van der Waals surface area contributed by atoms with E-state index in [4.69, 9.17) is 9.47 Å². The van der Waals surface area contributed by atoms with Gasteiger partial charge in [0.05, 0.1) is 17.6 Å². The number of piperazine rings is 1. The number of aromatic nitrogens is 2. The molecular formula is C19H25N5O3. The van der Waals surface area contributed by atoms with Crippen LogP contribution >= 0.6 is 0 Å². The summed E-state index contributed by atoms with van der Waals surface area (Å²) < 4.78 is 12.9. The molecule has 4 rings (SSSR count). The molecule has 2 aliphatic rings. The van der Waals surface area contributed by atoms with E-state index in [-0.39, 0.29) is 5.56 Å². The summed E-state index contributed by atoms with van der Waals surface area (Å²) in [7, 11) is 1.65. The van der Waals surface area contributed by atoms with E-state index >= 15 is 0 Å². The zero-order valence-electron chi connectivity index (χ0n) is 15.6. The Morgan fingerprint density at radius 1 is 1.15 bits per heavy atom. The van der Waals surface area contributed by atoms with Crippen molar-refractivity contribution in [1.29, 1.82) is 0 Å². The minimum atomic E-state index is -0.106. The fraction of sp³-hybridized carbons (Fsp3) is 0.474. The van der Waals surface area contributed by atoms with Gasteiger partial charge in [0.2, 0.25) is 0 Å². The second-order valence-corrected chi connectivity index (χ2v) is 6.76. The lowest BCUT2D eigenvalue weighted by molar-refractivity contribution is 0.171. The van der Waals surface area contributed by atoms with E-state index in [2.05, 4.69) is 26.3 Å². The summed E-state index contributed by atoms with van der Waals surface area (Å²) in [5, 5.41) is 7.30. The highest BCUT2D eigenvalue weighted by Crippen LogP contribution is 2.39. The van der Waals surface area contributed by atoms with Gasteiger partial charge in [-0.25, -0.2) is 4.68 Å². The number of aryl methyl sites for hydroxylation is 1. The Hall–Kier alpha value is -2.74. The van der Waals surface area contributed by atoms with Crippen LogP contribution in [0.4, 0.5) is 11.4 Å². The van der Waals surface area contributed by atoms with Crippen molar-refractivity contribution in [3.8, 4) is 11.5 Å². The lowest BCUT2D eigenvalue weighted by Gasteiger charge is -2.37. The molecule has 8 nitrogen and oxygen atoms in total. The average Bonchev–Trinajstić information content (AvgIpc) is 2.71. The van der Waals surface area contributed by atoms with Crippen molar-refractivity contribution >= 4 is 11.4 Å². The van der Waals surface area contributed by atoms with Crippen LogP contribution in [0, 0.1) is 0 Å². The fourth-order valence-electron chi connectivity index (χ4n) is 3.44. The molecule has 0 atom stereocenters. The zero-order chi connectivity index (χ0) is 18.6. The summed E-state index contributed by atoms with van der Waals surface area (Å²) in [5.74, 6) is 1.71. The molecule has 0 aliphatic carbocycles. The van der Waals surface area contributed by atoms with Crippen LogP contribution in [-0.2, 0) is 7.05 Å². The Kier molecular flexibility index (Phi) is 5.15. The number of hydrogen-bond donors (Lipinski definition) is 1. The van der Waals surface area contributed by atoms with Gasteiger partial charge >= 0.3 is 0 Å². The molecule has 1 aromatic heterocycles. The summed E-state index contributed by atoms with van der Waals surface area (Å²) >= 11 is 0. The third-order valence-corrected chi connectivity index (χ3v) is 4.98. The molecule has 0 radical (unpaired) electrons. The number of benzene rings is 1. The first-order valence-corrected chi connectivity index (χ1v) is 9.34. The Balaban J connectivity index is 1.28. The van der Waals surface area contributed by atoms with Gasteiger partial charge in [-0.15, -0.1) is 0 Å². The second-order valence-electron chi connectivity index (χ2n) is 6.76. The average molecular weight is 371 g/mol. The normalized spacial score (nSPS) is 17.0. The third kappa shape index (κ3) is 4.00. The molecule has 0 spiro atoms. The van der Waals surface area contributed by atoms with Crippen LogP contribution < -0.4 is 25.2 Å². The Morgan fingerprint density at radius 3 is 2.78 bits per heavy atom. The first-order chi connectivity index (χ1) is 13.2. The van der Waals surface area contributed by atoms with Crippen molar-refractivity contribution < 1.29 is 9.47 Å². The highest BCUT2D eigenvalue weighted by atomic mass is 16.6. The van der Waals surface area contributed by atoms with Crippen molar-refractivity contribution in [2.75, 3.05) is 62.7 Å². The number of nitrogens with one attached hydrogen (secondary N) is 1. The number of hydrogen-bond acceptors (Lipinski definition) is 7. The maximum Gasteiger partial charge on any atom is 0.268 e. The summed E-state index contributed by atoms with van der Waals surface area (Å²) in [4.78, 5) is 16.4. The van der Waals surface area contributed by atoms with Crippen molar-refractivity contribution in [3.05, 3.63) is 40.8 Å². The van der Waals surface area contributed by atoms with Gasteiger partial charge in [-0.1, -0.05) is 6.07 Å². The van der Waals surface area contributed by atoms with Crippen molar-refractivity contribution in [2.45, 2.75) is 0 Å². The second kappa shape index (κ2) is 7.87. The van der Waals surface area contributed by atoms with Crippen LogP contribution in [0.25, 0.3) is 0 Å². The quantitative estimate of drug-likeness (QED) is 0.833. The van der Waals surface area contributed by atoms with Crippen LogP contribution in [0.5, 0.6) is 11.5 Å². The SMILES string of the molecule is Cn1ncc(NCCN2CCN(c3cccc4c3OCCO4)CC2)cc1=O. The number of ether oxygens (including phenoxy) is 2. The van der Waals surface area contributed by atoms with Gasteiger partial charge < -0.3 is 19.7 Å². The van der Waals surface area contributed by atoms with Crippen LogP contribution in [0.15, 0.2) is 35.3 Å². The standard InChI is InChI=1S/C19H25N5O3/c1-22-18(25)13-15(14-21-22)20-5-6-23-7-9-24(10-8-23)16-3-2-4-17-19(16)27-12-11-26-17/h2-4,13-14,20H,5-12H2,1H3. The van der Waals surface area contributed by atoms with Crippen molar-refractivity contribution in [2.24, 2.45) is 7.05 Å². The summed E-state index contributed by atoms with van der Waals surface area (Å²) in [5.41, 5.74) is 1.78. The molecular weight excluding hydrogens is 346 g/mol. The Bertz CT molecular complexity index is 845. The maximum atomic E-state index is 11.6. The zero-order valence-corrected chi connectivity index (χ0v) is 15.6. The smallest absolute Gasteiger partial charge is 0.268 e. The molecule has 1 N–H and O–H groups in total. The van der Waals surface area contributed by atoms with E-state index < -0.39 is 0 Å². The summed E-state index contributed by atoms with van der Waals surface area (Å²) in [6.45, 7) is 6.80. The Morgan fingerprint density at radius 2 is 1.96 bits per heavy atom. The molecule has 8 heteroatoms. The first-order valence-electron chi connectivity index (χ1n) is 9.34. The van der Waals surface area contributed by atoms with E-state index in [0.717, 1.165) is 62.1 Å². The molecule has 2 aromatic rings. The highest BCUT2D eigenvalue weighted by molar-refractivity contribution is 5.65. The number of rotatable bonds is 5. The Labute approximate surface area is 158 Å². The lowest BCUT2D eigenvalue weighted by Crippen LogP contribution is -2.47. The van der Waals surface area contributed by atoms with E-state index in [0.29, 0.717) is 13.2 Å². The molecule has 2 aliphatic heterocycles. The van der Waals surface area contributed by atoms with Gasteiger partial charge in [0.1, 0.15) is 13.2 Å². The molecule has 1 aromatic carbocycles. The molecule has 0 amide bonds. The van der Waals surface area contributed by atoms with Gasteiger partial charge in [-0.3, -0.25) is 9.69 Å². The molecule has 0 bridgehead atoms. The van der Waals surface area contributed by atoms with Crippen molar-refractivity contribution in [1.82, 2.24) is 14.7 Å². The minimum absolute atomic E-state index is 0.106. The lowest BCUT2D eigenvalue weighted by atomic mass is 10.2. The molecule has 144 valence electrons. The first kappa shape index (κ1) is 17.7. The predicted octanol–water partition coefficient (Wildman–Crippen LogP) is 0.786. The van der Waals surface area contributed by atoms with Gasteiger partial charge in [-0.2, -0.15) is 5.10 Å². The molecule has 1 saturated heterocycles. The van der Waals surface area contributed by atoms with E-state index in [1.165, 1.54) is 4.68 Å². The van der Waals surface area contributed by atoms with Crippen molar-refractivity contribution in [3.63, 3.8) is 0 Å². The van der Waals surface area contributed by atoms with Gasteiger partial charge in [0, 0.05) is 52.4 Å². The van der Waals surface area contributed by atoms with E-state index in [9.17, 15) is 4.79 Å². The van der Waals surface area contributed by atoms with Gasteiger partial charge in [0.15, 0.2) is 11.5 Å². The predicted molar refractivity (Wildman–Crippen MR) is 104 cm³/mol. The summed E-state index contributed by atoms with van der Waals surface area (Å²) in [6, 6.07) is 7.67. The van der Waals surface area contributed by atoms with Crippen LogP contribution in [0.2, 0.25) is 0 Å². The molecule has 27 heavy (non-hydrogen) atoms. The highest BCUT2D eigenvalue weighted by Gasteiger charge is 2.23. The van der Waals surface area contributed by atoms with Gasteiger partial charge in [0.25, 0.3) is 5.56 Å². The molecule has 1 fully saturated rings. The summed E-state index contributed by atoms with van der Waals surface area (Å²) in [6.07, 6.45) is 1.68. The van der Waals surface area contributed by atoms with E-state index in [1.54, 1.807) is 19.3 Å². The van der Waals surface area contributed by atoms with E-state index in [1.807, 2.05) is 12.1 Å². The van der Waals surface area contributed by atoms with Crippen LogP contribution in [0.1, 0.15) is 0 Å². The fourth-order valence-corrected chi connectivity index (χ4v) is 3.44. The van der Waals surface area contributed by atoms with Crippen LogP contribution in [0.3, 0.4) is 0 Å². The molecule has 0 saturated carbocycles. The minimum Gasteiger partial charge on any atom is -0.486 e. The number of para-hydroxylation sites is 1. The third-order valence-electron chi connectivity index (χ3n) is 4.98. The molecule has 3 heterocycles. The van der Waals surface area contributed by atoms with Gasteiger partial charge in [-0.05, 0) is 12.1 Å². The number of nitrogens with zero attached hydrogens (tertiary/aromatic N) is 4. The monoisotopic (exact) mass is 371 g/mol. The maximum absolute atomic E-state index is 11.6. The largest absolute Gasteiger partial charge is 0.486 e. The number of anilines is 2. The number of fused-ring (bicyclic) bond motifs is 1. The molecule has 0 unspecified atom stereocenters. The van der Waals surface area contributed by atoms with Crippen LogP contribution in [-0.4, -0.2) is 67.2 Å².